The number of carbonyl (C=O) groups excluding carboxylic acids is 1. The molecule has 3 heteroatoms. The minimum Gasteiger partial charge on any atom is -0.405 e. The molecular formula is C10H15NO2. The van der Waals surface area contributed by atoms with Crippen molar-refractivity contribution in [1.29, 1.82) is 5.41 Å². The van der Waals surface area contributed by atoms with E-state index in [9.17, 15) is 4.79 Å². The highest BCUT2D eigenvalue weighted by Gasteiger charge is 2.18. The fraction of sp³-hybridized carbons (Fsp3) is 0.600. The second kappa shape index (κ2) is 4.80. The first-order chi connectivity index (χ1) is 6.24. The lowest BCUT2D eigenvalue weighted by Gasteiger charge is -1.99. The van der Waals surface area contributed by atoms with E-state index in [1.165, 1.54) is 18.9 Å². The second-order valence-electron chi connectivity index (χ2n) is 3.23. The Morgan fingerprint density at radius 3 is 2.69 bits per heavy atom. The van der Waals surface area contributed by atoms with E-state index in [0.717, 1.165) is 24.8 Å². The van der Waals surface area contributed by atoms with Gasteiger partial charge in [0, 0.05) is 11.6 Å². The number of hydrogen-bond donors (Lipinski definition) is 1. The standard InChI is InChI=1S/C10H15NO2/c1-2-3-4-5-6-8-7-9(12)13-10(8)11/h7,11H,2-6H2,1H3. The van der Waals surface area contributed by atoms with Gasteiger partial charge in [-0.15, -0.1) is 0 Å². The smallest absolute Gasteiger partial charge is 0.337 e. The Labute approximate surface area is 78.3 Å². The first-order valence-corrected chi connectivity index (χ1v) is 4.75. The van der Waals surface area contributed by atoms with E-state index in [-0.39, 0.29) is 5.90 Å². The van der Waals surface area contributed by atoms with Gasteiger partial charge in [0.25, 0.3) is 0 Å². The summed E-state index contributed by atoms with van der Waals surface area (Å²) in [4.78, 5) is 10.7. The number of esters is 1. The van der Waals surface area contributed by atoms with E-state index in [4.69, 9.17) is 5.41 Å². The highest BCUT2D eigenvalue weighted by molar-refractivity contribution is 6.10. The Morgan fingerprint density at radius 2 is 2.15 bits per heavy atom. The SMILES string of the molecule is CCCCCCC1=CC(=O)OC1=N. The van der Waals surface area contributed by atoms with Crippen molar-refractivity contribution >= 4 is 11.9 Å². The maximum atomic E-state index is 10.7. The summed E-state index contributed by atoms with van der Waals surface area (Å²) in [5, 5.41) is 7.31. The van der Waals surface area contributed by atoms with Gasteiger partial charge in [0.15, 0.2) is 0 Å². The Kier molecular flexibility index (Phi) is 3.68. The Morgan fingerprint density at radius 1 is 1.38 bits per heavy atom. The van der Waals surface area contributed by atoms with Crippen LogP contribution in [0.1, 0.15) is 39.0 Å². The minimum absolute atomic E-state index is 0.0431. The molecule has 0 saturated carbocycles. The van der Waals surface area contributed by atoms with Gasteiger partial charge in [-0.25, -0.2) is 4.79 Å². The van der Waals surface area contributed by atoms with Crippen LogP contribution in [-0.4, -0.2) is 11.9 Å². The van der Waals surface area contributed by atoms with Crippen LogP contribution in [0.5, 0.6) is 0 Å². The van der Waals surface area contributed by atoms with Crippen LogP contribution < -0.4 is 0 Å². The van der Waals surface area contributed by atoms with Gasteiger partial charge in [-0.1, -0.05) is 26.2 Å². The molecule has 0 spiro atoms. The largest absolute Gasteiger partial charge is 0.405 e. The van der Waals surface area contributed by atoms with Crippen molar-refractivity contribution in [1.82, 2.24) is 0 Å². The van der Waals surface area contributed by atoms with E-state index < -0.39 is 5.97 Å². The molecule has 1 aliphatic rings. The maximum Gasteiger partial charge on any atom is 0.337 e. The van der Waals surface area contributed by atoms with Gasteiger partial charge < -0.3 is 4.74 Å². The Balaban J connectivity index is 2.25. The number of cyclic esters (lactones) is 1. The van der Waals surface area contributed by atoms with E-state index in [0.29, 0.717) is 0 Å². The first kappa shape index (κ1) is 9.96. The lowest BCUT2D eigenvalue weighted by Crippen LogP contribution is -2.00. The van der Waals surface area contributed by atoms with Gasteiger partial charge in [-0.2, -0.15) is 0 Å². The van der Waals surface area contributed by atoms with Crippen LogP contribution in [0.2, 0.25) is 0 Å². The third kappa shape index (κ3) is 3.01. The summed E-state index contributed by atoms with van der Waals surface area (Å²) >= 11 is 0. The Bertz CT molecular complexity index is 243. The average molecular weight is 181 g/mol. The molecule has 13 heavy (non-hydrogen) atoms. The molecule has 0 aromatic carbocycles. The van der Waals surface area contributed by atoms with Crippen molar-refractivity contribution < 1.29 is 9.53 Å². The molecule has 1 rings (SSSR count). The maximum absolute atomic E-state index is 10.7. The number of nitrogens with one attached hydrogen (secondary N) is 1. The van der Waals surface area contributed by atoms with Gasteiger partial charge >= 0.3 is 5.97 Å². The number of ether oxygens (including phenoxy) is 1. The van der Waals surface area contributed by atoms with Crippen molar-refractivity contribution in [2.24, 2.45) is 0 Å². The molecule has 1 N–H and O–H groups in total. The molecule has 0 saturated heterocycles. The van der Waals surface area contributed by atoms with Crippen LogP contribution in [0.4, 0.5) is 0 Å². The monoisotopic (exact) mass is 181 g/mol. The molecule has 0 radical (unpaired) electrons. The average Bonchev–Trinajstić information content (AvgIpc) is 2.39. The predicted octanol–water partition coefficient (Wildman–Crippen LogP) is 2.42. The predicted molar refractivity (Wildman–Crippen MR) is 50.7 cm³/mol. The van der Waals surface area contributed by atoms with Gasteiger partial charge in [-0.3, -0.25) is 5.41 Å². The molecule has 1 heterocycles. The highest BCUT2D eigenvalue weighted by Crippen LogP contribution is 2.16. The summed E-state index contributed by atoms with van der Waals surface area (Å²) in [5.74, 6) is -0.350. The summed E-state index contributed by atoms with van der Waals surface area (Å²) in [6.07, 6.45) is 6.84. The summed E-state index contributed by atoms with van der Waals surface area (Å²) < 4.78 is 4.58. The van der Waals surface area contributed by atoms with Crippen molar-refractivity contribution in [3.05, 3.63) is 11.6 Å². The van der Waals surface area contributed by atoms with Crippen molar-refractivity contribution in [2.45, 2.75) is 39.0 Å². The van der Waals surface area contributed by atoms with Crippen LogP contribution in [0.3, 0.4) is 0 Å². The third-order valence-electron chi connectivity index (χ3n) is 2.09. The topological polar surface area (TPSA) is 50.2 Å². The molecule has 3 nitrogen and oxygen atoms in total. The van der Waals surface area contributed by atoms with Crippen LogP contribution in [0, 0.1) is 5.41 Å². The first-order valence-electron chi connectivity index (χ1n) is 4.75. The van der Waals surface area contributed by atoms with E-state index in [1.807, 2.05) is 0 Å². The normalized spacial score (nSPS) is 15.9. The zero-order chi connectivity index (χ0) is 9.68. The van der Waals surface area contributed by atoms with Crippen LogP contribution in [0.15, 0.2) is 11.6 Å². The summed E-state index contributed by atoms with van der Waals surface area (Å²) in [6.45, 7) is 2.16. The molecule has 0 atom stereocenters. The zero-order valence-electron chi connectivity index (χ0n) is 7.93. The molecule has 0 aliphatic carbocycles. The van der Waals surface area contributed by atoms with Crippen LogP contribution in [-0.2, 0) is 9.53 Å². The minimum atomic E-state index is -0.393. The fourth-order valence-corrected chi connectivity index (χ4v) is 1.33. The van der Waals surface area contributed by atoms with Gasteiger partial charge in [0.1, 0.15) is 0 Å². The quantitative estimate of drug-likeness (QED) is 0.523. The molecule has 72 valence electrons. The zero-order valence-corrected chi connectivity index (χ0v) is 7.93. The molecule has 0 amide bonds. The molecule has 0 bridgehead atoms. The van der Waals surface area contributed by atoms with Gasteiger partial charge in [-0.05, 0) is 12.8 Å². The summed E-state index contributed by atoms with van der Waals surface area (Å²) in [6, 6.07) is 0. The van der Waals surface area contributed by atoms with E-state index in [1.54, 1.807) is 0 Å². The van der Waals surface area contributed by atoms with E-state index in [2.05, 4.69) is 11.7 Å². The van der Waals surface area contributed by atoms with Crippen LogP contribution >= 0.6 is 0 Å². The lowest BCUT2D eigenvalue weighted by atomic mass is 10.1. The molecule has 0 fully saturated rings. The summed E-state index contributed by atoms with van der Waals surface area (Å²) in [7, 11) is 0. The number of carbonyl (C=O) groups is 1. The lowest BCUT2D eigenvalue weighted by molar-refractivity contribution is -0.129. The molecule has 1 aliphatic heterocycles. The molecule has 0 aromatic heterocycles. The Hall–Kier alpha value is -1.12. The second-order valence-corrected chi connectivity index (χ2v) is 3.23. The van der Waals surface area contributed by atoms with E-state index >= 15 is 0 Å². The van der Waals surface area contributed by atoms with Gasteiger partial charge in [0.2, 0.25) is 5.90 Å². The number of unbranched alkanes of at least 4 members (excludes halogenated alkanes) is 3. The molecular weight excluding hydrogens is 166 g/mol. The third-order valence-corrected chi connectivity index (χ3v) is 2.09. The summed E-state index contributed by atoms with van der Waals surface area (Å²) in [5.41, 5.74) is 0.751. The molecule has 0 unspecified atom stereocenters. The fourth-order valence-electron chi connectivity index (χ4n) is 1.33. The van der Waals surface area contributed by atoms with Crippen molar-refractivity contribution in [3.8, 4) is 0 Å². The number of hydrogen-bond acceptors (Lipinski definition) is 3. The van der Waals surface area contributed by atoms with Crippen molar-refractivity contribution in [2.75, 3.05) is 0 Å². The van der Waals surface area contributed by atoms with Gasteiger partial charge in [0.05, 0.1) is 0 Å². The van der Waals surface area contributed by atoms with Crippen molar-refractivity contribution in [3.63, 3.8) is 0 Å². The number of rotatable bonds is 5. The van der Waals surface area contributed by atoms with Crippen LogP contribution in [0.25, 0.3) is 0 Å². The highest BCUT2D eigenvalue weighted by atomic mass is 16.5. The molecule has 0 aromatic rings.